The van der Waals surface area contributed by atoms with E-state index in [2.05, 4.69) is 44.1 Å². The number of alkyl halides is 2. The fraction of sp³-hybridized carbons (Fsp3) is 0.500. The molecule has 0 aliphatic heterocycles. The molecule has 1 rings (SSSR count). The second-order valence-electron chi connectivity index (χ2n) is 4.55. The molecule has 0 saturated carbocycles. The molecule has 1 aromatic carbocycles. The summed E-state index contributed by atoms with van der Waals surface area (Å²) in [6.07, 6.45) is 1.33. The summed E-state index contributed by atoms with van der Waals surface area (Å²) in [5.41, 5.74) is 2.05. The van der Waals surface area contributed by atoms with Crippen LogP contribution in [0.25, 0.3) is 0 Å². The molecule has 18 heavy (non-hydrogen) atoms. The Morgan fingerprint density at radius 2 is 1.89 bits per heavy atom. The summed E-state index contributed by atoms with van der Waals surface area (Å²) in [6.45, 7) is 4.11. The Kier molecular flexibility index (Phi) is 6.36. The fourth-order valence-corrected chi connectivity index (χ4v) is 3.70. The summed E-state index contributed by atoms with van der Waals surface area (Å²) in [7, 11) is 0. The van der Waals surface area contributed by atoms with E-state index in [0.717, 1.165) is 28.2 Å². The zero-order valence-corrected chi connectivity index (χ0v) is 14.0. The van der Waals surface area contributed by atoms with E-state index in [-0.39, 0.29) is 11.4 Å². The number of hydrogen-bond donors (Lipinski definition) is 1. The van der Waals surface area contributed by atoms with Crippen LogP contribution in [0.5, 0.6) is 0 Å². The van der Waals surface area contributed by atoms with E-state index in [4.69, 9.17) is 0 Å². The van der Waals surface area contributed by atoms with E-state index in [1.165, 1.54) is 0 Å². The minimum Gasteiger partial charge on any atom is -0.349 e. The third-order valence-corrected chi connectivity index (χ3v) is 5.35. The smallest absolute Gasteiger partial charge is 0.224 e. The van der Waals surface area contributed by atoms with Gasteiger partial charge in [-0.1, -0.05) is 63.0 Å². The van der Waals surface area contributed by atoms with Gasteiger partial charge in [-0.05, 0) is 24.5 Å². The normalized spacial score (nSPS) is 11.3. The van der Waals surface area contributed by atoms with Gasteiger partial charge in [0, 0.05) is 10.7 Å². The number of carbonyl (C=O) groups is 1. The molecule has 2 nitrogen and oxygen atoms in total. The highest BCUT2D eigenvalue weighted by molar-refractivity contribution is 9.09. The molecule has 1 amide bonds. The van der Waals surface area contributed by atoms with Gasteiger partial charge in [-0.25, -0.2) is 0 Å². The Bertz CT molecular complexity index is 394. The Morgan fingerprint density at radius 3 is 2.39 bits per heavy atom. The number of rotatable bonds is 6. The van der Waals surface area contributed by atoms with Crippen molar-refractivity contribution >= 4 is 37.8 Å². The predicted octanol–water partition coefficient (Wildman–Crippen LogP) is 3.59. The van der Waals surface area contributed by atoms with Crippen LogP contribution >= 0.6 is 31.9 Å². The third-order valence-electron chi connectivity index (χ3n) is 3.21. The lowest BCUT2D eigenvalue weighted by Gasteiger charge is -2.30. The van der Waals surface area contributed by atoms with Crippen molar-refractivity contribution < 1.29 is 4.79 Å². The first-order valence-electron chi connectivity index (χ1n) is 6.04. The lowest BCUT2D eigenvalue weighted by Crippen LogP contribution is -2.51. The van der Waals surface area contributed by atoms with Crippen LogP contribution in [-0.4, -0.2) is 22.1 Å². The zero-order valence-electron chi connectivity index (χ0n) is 10.8. The van der Waals surface area contributed by atoms with Crippen molar-refractivity contribution in [3.63, 3.8) is 0 Å². The zero-order chi connectivity index (χ0) is 13.6. The summed E-state index contributed by atoms with van der Waals surface area (Å²) in [6, 6.07) is 8.00. The number of carbonyl (C=O) groups excluding carboxylic acids is 1. The molecular formula is C14H19Br2NO. The second kappa shape index (κ2) is 7.29. The molecule has 0 radical (unpaired) electrons. The monoisotopic (exact) mass is 375 g/mol. The van der Waals surface area contributed by atoms with Gasteiger partial charge in [0.25, 0.3) is 0 Å². The number of aryl methyl sites for hydroxylation is 1. The SMILES string of the molecule is CCC(CBr)(CBr)NC(=O)Cc1ccccc1C. The Labute approximate surface area is 126 Å². The van der Waals surface area contributed by atoms with E-state index in [1.807, 2.05) is 31.2 Å². The van der Waals surface area contributed by atoms with E-state index in [1.54, 1.807) is 0 Å². The maximum Gasteiger partial charge on any atom is 0.224 e. The average molecular weight is 377 g/mol. The number of halogens is 2. The highest BCUT2D eigenvalue weighted by Gasteiger charge is 2.27. The van der Waals surface area contributed by atoms with Gasteiger partial charge < -0.3 is 5.32 Å². The number of benzene rings is 1. The van der Waals surface area contributed by atoms with E-state index in [0.29, 0.717) is 6.42 Å². The molecule has 0 aliphatic carbocycles. The highest BCUT2D eigenvalue weighted by Crippen LogP contribution is 2.17. The summed E-state index contributed by atoms with van der Waals surface area (Å²) < 4.78 is 0. The first kappa shape index (κ1) is 15.7. The first-order valence-corrected chi connectivity index (χ1v) is 8.28. The fourth-order valence-electron chi connectivity index (χ4n) is 1.70. The summed E-state index contributed by atoms with van der Waals surface area (Å²) in [5, 5.41) is 4.63. The van der Waals surface area contributed by atoms with Crippen LogP contribution in [0.2, 0.25) is 0 Å². The minimum absolute atomic E-state index is 0.0741. The van der Waals surface area contributed by atoms with Crippen molar-refractivity contribution in [1.29, 1.82) is 0 Å². The van der Waals surface area contributed by atoms with E-state index in [9.17, 15) is 4.79 Å². The molecular weight excluding hydrogens is 358 g/mol. The molecule has 0 fully saturated rings. The standard InChI is InChI=1S/C14H19Br2NO/c1-3-14(9-15,10-16)17-13(18)8-12-7-5-4-6-11(12)2/h4-7H,3,8-10H2,1-2H3,(H,17,18). The summed E-state index contributed by atoms with van der Waals surface area (Å²) in [5.74, 6) is 0.0741. The molecule has 0 atom stereocenters. The van der Waals surface area contributed by atoms with Gasteiger partial charge in [0.15, 0.2) is 0 Å². The third kappa shape index (κ3) is 4.09. The van der Waals surface area contributed by atoms with Gasteiger partial charge in [0.05, 0.1) is 12.0 Å². The van der Waals surface area contributed by atoms with Crippen LogP contribution in [0.3, 0.4) is 0 Å². The molecule has 100 valence electrons. The van der Waals surface area contributed by atoms with Crippen molar-refractivity contribution in [2.45, 2.75) is 32.2 Å². The largest absolute Gasteiger partial charge is 0.349 e. The van der Waals surface area contributed by atoms with Crippen LogP contribution in [0.4, 0.5) is 0 Å². The van der Waals surface area contributed by atoms with Crippen molar-refractivity contribution in [2.75, 3.05) is 10.7 Å². The van der Waals surface area contributed by atoms with Crippen LogP contribution in [-0.2, 0) is 11.2 Å². The second-order valence-corrected chi connectivity index (χ2v) is 5.67. The predicted molar refractivity (Wildman–Crippen MR) is 83.6 cm³/mol. The van der Waals surface area contributed by atoms with Crippen LogP contribution in [0.1, 0.15) is 24.5 Å². The number of amides is 1. The average Bonchev–Trinajstić information content (AvgIpc) is 2.39. The van der Waals surface area contributed by atoms with Crippen LogP contribution in [0.15, 0.2) is 24.3 Å². The van der Waals surface area contributed by atoms with E-state index < -0.39 is 0 Å². The van der Waals surface area contributed by atoms with Crippen molar-refractivity contribution in [3.05, 3.63) is 35.4 Å². The van der Waals surface area contributed by atoms with Gasteiger partial charge in [-0.2, -0.15) is 0 Å². The molecule has 0 heterocycles. The number of nitrogens with one attached hydrogen (secondary N) is 1. The summed E-state index contributed by atoms with van der Waals surface area (Å²) in [4.78, 5) is 12.1. The maximum atomic E-state index is 12.1. The van der Waals surface area contributed by atoms with Crippen molar-refractivity contribution in [3.8, 4) is 0 Å². The Morgan fingerprint density at radius 1 is 1.28 bits per heavy atom. The maximum absolute atomic E-state index is 12.1. The minimum atomic E-state index is -0.195. The van der Waals surface area contributed by atoms with Crippen LogP contribution in [0, 0.1) is 6.92 Å². The lowest BCUT2D eigenvalue weighted by atomic mass is 10.00. The Balaban J connectivity index is 2.70. The molecule has 0 saturated heterocycles. The molecule has 4 heteroatoms. The lowest BCUT2D eigenvalue weighted by molar-refractivity contribution is -0.121. The Hall–Kier alpha value is -0.350. The molecule has 0 aliphatic rings. The van der Waals surface area contributed by atoms with Gasteiger partial charge >= 0.3 is 0 Å². The van der Waals surface area contributed by atoms with Crippen LogP contribution < -0.4 is 5.32 Å². The highest BCUT2D eigenvalue weighted by atomic mass is 79.9. The van der Waals surface area contributed by atoms with Gasteiger partial charge in [0.2, 0.25) is 5.91 Å². The van der Waals surface area contributed by atoms with Crippen molar-refractivity contribution in [1.82, 2.24) is 5.32 Å². The van der Waals surface area contributed by atoms with Gasteiger partial charge in [0.1, 0.15) is 0 Å². The van der Waals surface area contributed by atoms with Gasteiger partial charge in [-0.15, -0.1) is 0 Å². The van der Waals surface area contributed by atoms with E-state index >= 15 is 0 Å². The molecule has 1 aromatic rings. The molecule has 0 unspecified atom stereocenters. The summed E-state index contributed by atoms with van der Waals surface area (Å²) >= 11 is 6.95. The molecule has 0 aromatic heterocycles. The first-order chi connectivity index (χ1) is 8.56. The number of hydrogen-bond acceptors (Lipinski definition) is 1. The molecule has 0 bridgehead atoms. The molecule has 1 N–H and O–H groups in total. The van der Waals surface area contributed by atoms with Crippen molar-refractivity contribution in [2.24, 2.45) is 0 Å². The molecule has 0 spiro atoms. The quantitative estimate of drug-likeness (QED) is 0.755. The van der Waals surface area contributed by atoms with Gasteiger partial charge in [-0.3, -0.25) is 4.79 Å². The topological polar surface area (TPSA) is 29.1 Å².